The van der Waals surface area contributed by atoms with E-state index < -0.39 is 0 Å². The summed E-state index contributed by atoms with van der Waals surface area (Å²) < 4.78 is 7.07. The maximum absolute atomic E-state index is 12.1. The highest BCUT2D eigenvalue weighted by Crippen LogP contribution is 2.23. The van der Waals surface area contributed by atoms with E-state index in [0.717, 1.165) is 44.6 Å². The fourth-order valence-corrected chi connectivity index (χ4v) is 2.67. The molecule has 0 radical (unpaired) electrons. The second kappa shape index (κ2) is 5.71. The summed E-state index contributed by atoms with van der Waals surface area (Å²) in [6.45, 7) is 2.04. The molecule has 0 aliphatic carbocycles. The highest BCUT2D eigenvalue weighted by molar-refractivity contribution is 5.79. The molecule has 1 aromatic heterocycles. The van der Waals surface area contributed by atoms with E-state index in [1.807, 2.05) is 6.07 Å². The third kappa shape index (κ3) is 2.79. The molecule has 6 nitrogen and oxygen atoms in total. The summed E-state index contributed by atoms with van der Waals surface area (Å²) in [4.78, 5) is 17.4. The lowest BCUT2D eigenvalue weighted by atomic mass is 10.0. The van der Waals surface area contributed by atoms with Gasteiger partial charge in [0.25, 0.3) is 5.91 Å². The standard InChI is InChI=1S/C13H19N3O3/c17-13(15-19-9-10-5-7-18-8-10)12-3-1-2-11-4-6-14-16(11)12/h4,6,10,12H,1-3,5,7-9H2,(H,15,17). The van der Waals surface area contributed by atoms with Gasteiger partial charge in [-0.25, -0.2) is 5.48 Å². The third-order valence-electron chi connectivity index (χ3n) is 3.78. The molecular formula is C13H19N3O3. The van der Waals surface area contributed by atoms with Gasteiger partial charge in [-0.3, -0.25) is 14.3 Å². The fourth-order valence-electron chi connectivity index (χ4n) is 2.67. The van der Waals surface area contributed by atoms with E-state index in [-0.39, 0.29) is 11.9 Å². The van der Waals surface area contributed by atoms with Gasteiger partial charge in [0.2, 0.25) is 0 Å². The topological polar surface area (TPSA) is 65.4 Å². The van der Waals surface area contributed by atoms with Gasteiger partial charge in [0, 0.05) is 24.4 Å². The zero-order chi connectivity index (χ0) is 13.1. The van der Waals surface area contributed by atoms with Gasteiger partial charge < -0.3 is 4.74 Å². The van der Waals surface area contributed by atoms with E-state index in [2.05, 4.69) is 10.6 Å². The highest BCUT2D eigenvalue weighted by Gasteiger charge is 2.27. The molecule has 104 valence electrons. The first-order valence-electron chi connectivity index (χ1n) is 6.86. The molecule has 1 saturated heterocycles. The zero-order valence-corrected chi connectivity index (χ0v) is 10.9. The van der Waals surface area contributed by atoms with Gasteiger partial charge in [0.05, 0.1) is 13.2 Å². The second-order valence-electron chi connectivity index (χ2n) is 5.18. The second-order valence-corrected chi connectivity index (χ2v) is 5.18. The van der Waals surface area contributed by atoms with Crippen molar-refractivity contribution >= 4 is 5.91 Å². The van der Waals surface area contributed by atoms with Crippen molar-refractivity contribution < 1.29 is 14.4 Å². The summed E-state index contributed by atoms with van der Waals surface area (Å²) in [5.41, 5.74) is 3.68. The molecule has 2 aliphatic rings. The van der Waals surface area contributed by atoms with Gasteiger partial charge in [0.15, 0.2) is 0 Å². The minimum atomic E-state index is -0.237. The summed E-state index contributed by atoms with van der Waals surface area (Å²) in [5, 5.41) is 4.23. The predicted octanol–water partition coefficient (Wildman–Crippen LogP) is 0.845. The number of hydroxylamine groups is 1. The van der Waals surface area contributed by atoms with Crippen LogP contribution in [0.5, 0.6) is 0 Å². The van der Waals surface area contributed by atoms with Gasteiger partial charge in [-0.2, -0.15) is 5.10 Å². The number of hydrogen-bond acceptors (Lipinski definition) is 4. The van der Waals surface area contributed by atoms with E-state index in [4.69, 9.17) is 9.57 Å². The molecule has 2 atom stereocenters. The Hall–Kier alpha value is -1.40. The Kier molecular flexibility index (Phi) is 3.79. The molecule has 3 rings (SSSR count). The number of aromatic nitrogens is 2. The molecule has 1 amide bonds. The average Bonchev–Trinajstić information content (AvgIpc) is 3.08. The van der Waals surface area contributed by atoms with E-state index in [1.54, 1.807) is 10.9 Å². The van der Waals surface area contributed by atoms with Crippen LogP contribution < -0.4 is 5.48 Å². The summed E-state index contributed by atoms with van der Waals surface area (Å²) in [6.07, 6.45) is 5.57. The molecule has 1 aromatic rings. The quantitative estimate of drug-likeness (QED) is 0.819. The first-order valence-corrected chi connectivity index (χ1v) is 6.86. The van der Waals surface area contributed by atoms with Crippen molar-refractivity contribution in [1.82, 2.24) is 15.3 Å². The molecule has 1 fully saturated rings. The molecule has 0 bridgehead atoms. The number of carbonyl (C=O) groups excluding carboxylic acids is 1. The van der Waals surface area contributed by atoms with Crippen LogP contribution in [0.15, 0.2) is 12.3 Å². The number of aryl methyl sites for hydroxylation is 1. The normalized spacial score (nSPS) is 26.1. The molecule has 6 heteroatoms. The lowest BCUT2D eigenvalue weighted by Crippen LogP contribution is -2.36. The van der Waals surface area contributed by atoms with Crippen LogP contribution in [0.25, 0.3) is 0 Å². The van der Waals surface area contributed by atoms with Gasteiger partial charge in [-0.1, -0.05) is 0 Å². The summed E-state index contributed by atoms with van der Waals surface area (Å²) in [7, 11) is 0. The Morgan fingerprint density at radius 3 is 3.37 bits per heavy atom. The number of nitrogens with one attached hydrogen (secondary N) is 1. The maximum Gasteiger partial charge on any atom is 0.268 e. The molecule has 0 aromatic carbocycles. The minimum Gasteiger partial charge on any atom is -0.381 e. The minimum absolute atomic E-state index is 0.108. The van der Waals surface area contributed by atoms with E-state index in [9.17, 15) is 4.79 Å². The summed E-state index contributed by atoms with van der Waals surface area (Å²) in [6, 6.07) is 1.73. The van der Waals surface area contributed by atoms with Crippen LogP contribution in [-0.4, -0.2) is 35.5 Å². The van der Waals surface area contributed by atoms with E-state index >= 15 is 0 Å². The van der Waals surface area contributed by atoms with Crippen LogP contribution >= 0.6 is 0 Å². The number of carbonyl (C=O) groups is 1. The fraction of sp³-hybridized carbons (Fsp3) is 0.692. The molecule has 0 spiro atoms. The van der Waals surface area contributed by atoms with Gasteiger partial charge >= 0.3 is 0 Å². The predicted molar refractivity (Wildman–Crippen MR) is 67.2 cm³/mol. The van der Waals surface area contributed by atoms with Gasteiger partial charge in [-0.05, 0) is 31.7 Å². The largest absolute Gasteiger partial charge is 0.381 e. The average molecular weight is 265 g/mol. The maximum atomic E-state index is 12.1. The van der Waals surface area contributed by atoms with Gasteiger partial charge in [-0.15, -0.1) is 0 Å². The van der Waals surface area contributed by atoms with E-state index in [0.29, 0.717) is 12.5 Å². The van der Waals surface area contributed by atoms with Crippen molar-refractivity contribution in [3.8, 4) is 0 Å². The Bertz CT molecular complexity index is 440. The van der Waals surface area contributed by atoms with Crippen LogP contribution in [0.4, 0.5) is 0 Å². The van der Waals surface area contributed by atoms with Crippen LogP contribution in [0.3, 0.4) is 0 Å². The van der Waals surface area contributed by atoms with E-state index in [1.165, 1.54) is 0 Å². The number of hydrogen-bond donors (Lipinski definition) is 1. The highest BCUT2D eigenvalue weighted by atomic mass is 16.7. The number of fused-ring (bicyclic) bond motifs is 1. The van der Waals surface area contributed by atoms with Crippen LogP contribution in [0, 0.1) is 5.92 Å². The smallest absolute Gasteiger partial charge is 0.268 e. The van der Waals surface area contributed by atoms with Crippen molar-refractivity contribution in [3.05, 3.63) is 18.0 Å². The van der Waals surface area contributed by atoms with Crippen molar-refractivity contribution in [2.75, 3.05) is 19.8 Å². The third-order valence-corrected chi connectivity index (χ3v) is 3.78. The molecule has 1 N–H and O–H groups in total. The molecule has 3 heterocycles. The Labute approximate surface area is 112 Å². The van der Waals surface area contributed by atoms with Crippen molar-refractivity contribution in [1.29, 1.82) is 0 Å². The Balaban J connectivity index is 1.51. The monoisotopic (exact) mass is 265 g/mol. The first kappa shape index (κ1) is 12.6. The molecule has 19 heavy (non-hydrogen) atoms. The molecular weight excluding hydrogens is 246 g/mol. The molecule has 0 saturated carbocycles. The Morgan fingerprint density at radius 2 is 2.53 bits per heavy atom. The van der Waals surface area contributed by atoms with Crippen molar-refractivity contribution in [2.24, 2.45) is 5.92 Å². The first-order chi connectivity index (χ1) is 9.34. The Morgan fingerprint density at radius 1 is 1.58 bits per heavy atom. The molecule has 2 unspecified atom stereocenters. The lowest BCUT2D eigenvalue weighted by Gasteiger charge is -2.23. The zero-order valence-electron chi connectivity index (χ0n) is 10.9. The summed E-state index contributed by atoms with van der Waals surface area (Å²) >= 11 is 0. The van der Waals surface area contributed by atoms with Crippen molar-refractivity contribution in [3.63, 3.8) is 0 Å². The number of rotatable bonds is 4. The number of ether oxygens (including phenoxy) is 1. The number of nitrogens with zero attached hydrogens (tertiary/aromatic N) is 2. The van der Waals surface area contributed by atoms with Crippen LogP contribution in [0.1, 0.15) is 31.0 Å². The van der Waals surface area contributed by atoms with Crippen LogP contribution in [-0.2, 0) is 20.8 Å². The molecule has 2 aliphatic heterocycles. The van der Waals surface area contributed by atoms with Crippen molar-refractivity contribution in [2.45, 2.75) is 31.7 Å². The number of amides is 1. The summed E-state index contributed by atoms with van der Waals surface area (Å²) in [5.74, 6) is 0.287. The SMILES string of the molecule is O=C(NOCC1CCOC1)C1CCCc2ccnn21. The lowest BCUT2D eigenvalue weighted by molar-refractivity contribution is -0.139. The van der Waals surface area contributed by atoms with Gasteiger partial charge in [0.1, 0.15) is 6.04 Å². The van der Waals surface area contributed by atoms with Crippen LogP contribution in [0.2, 0.25) is 0 Å².